The number of thioether (sulfide) groups is 1. The van der Waals surface area contributed by atoms with Crippen molar-refractivity contribution in [3.8, 4) is 0 Å². The number of nitrogens with one attached hydrogen (secondary N) is 2. The van der Waals surface area contributed by atoms with Crippen molar-refractivity contribution in [1.29, 1.82) is 0 Å². The van der Waals surface area contributed by atoms with E-state index in [1.54, 1.807) is 6.26 Å². The minimum absolute atomic E-state index is 0.0308. The van der Waals surface area contributed by atoms with Crippen LogP contribution in [0.1, 0.15) is 12.0 Å². The average molecular weight is 504 g/mol. The number of alkyl halides is 3. The summed E-state index contributed by atoms with van der Waals surface area (Å²) in [7, 11) is -2.81. The second-order valence-electron chi connectivity index (χ2n) is 7.04. The average Bonchev–Trinajstić information content (AvgIpc) is 3.03. The molecule has 1 amide bonds. The van der Waals surface area contributed by atoms with Crippen LogP contribution in [0.25, 0.3) is 11.1 Å². The topological polar surface area (TPSA) is 110 Å². The summed E-state index contributed by atoms with van der Waals surface area (Å²) >= 11 is 1.34. The quantitative estimate of drug-likeness (QED) is 0.489. The Hall–Kier alpha value is -2.77. The fraction of sp³-hybridized carbons (Fsp3) is 0.300. The molecule has 2 aromatic carbocycles. The van der Waals surface area contributed by atoms with E-state index >= 15 is 0 Å². The van der Waals surface area contributed by atoms with Crippen molar-refractivity contribution < 1.29 is 30.8 Å². The van der Waals surface area contributed by atoms with Crippen molar-refractivity contribution in [1.82, 2.24) is 9.29 Å². The zero-order chi connectivity index (χ0) is 24.4. The first kappa shape index (κ1) is 24.9. The maximum Gasteiger partial charge on any atom is 0.419 e. The second-order valence-corrected chi connectivity index (χ2v) is 9.74. The van der Waals surface area contributed by atoms with Crippen LogP contribution in [0.4, 0.5) is 18.9 Å². The van der Waals surface area contributed by atoms with Crippen molar-refractivity contribution in [2.75, 3.05) is 17.3 Å². The number of fused-ring (bicyclic) bond motifs is 1. The van der Waals surface area contributed by atoms with Crippen LogP contribution >= 0.6 is 11.8 Å². The fourth-order valence-electron chi connectivity index (χ4n) is 3.08. The smallest absolute Gasteiger partial charge is 0.408 e. The largest absolute Gasteiger partial charge is 0.419 e. The third-order valence-corrected chi connectivity index (χ3v) is 6.90. The van der Waals surface area contributed by atoms with Crippen LogP contribution in [-0.2, 0) is 28.0 Å². The number of hydrogen-bond acceptors (Lipinski definition) is 6. The van der Waals surface area contributed by atoms with Crippen molar-refractivity contribution in [3.63, 3.8) is 0 Å². The number of anilines is 1. The first-order chi connectivity index (χ1) is 15.4. The molecule has 0 spiro atoms. The molecule has 0 aliphatic rings. The number of oxazole rings is 1. The summed E-state index contributed by atoms with van der Waals surface area (Å²) in [5, 5.41) is 2.18. The second kappa shape index (κ2) is 9.61. The van der Waals surface area contributed by atoms with E-state index in [4.69, 9.17) is 4.42 Å². The summed E-state index contributed by atoms with van der Waals surface area (Å²) in [6, 6.07) is 6.84. The number of amides is 1. The molecule has 3 aromatic rings. The molecular weight excluding hydrogens is 483 g/mol. The first-order valence-electron chi connectivity index (χ1n) is 9.52. The van der Waals surface area contributed by atoms with Gasteiger partial charge >= 0.3 is 11.9 Å². The van der Waals surface area contributed by atoms with Crippen LogP contribution in [0, 0.1) is 0 Å². The number of aromatic nitrogens is 1. The van der Waals surface area contributed by atoms with E-state index in [0.717, 1.165) is 18.2 Å². The predicted octanol–water partition coefficient (Wildman–Crippen LogP) is 3.19. The summed E-state index contributed by atoms with van der Waals surface area (Å²) in [6.07, 6.45) is -2.93. The Morgan fingerprint density at radius 2 is 1.91 bits per heavy atom. The highest BCUT2D eigenvalue weighted by Crippen LogP contribution is 2.34. The Kier molecular flexibility index (Phi) is 7.24. The van der Waals surface area contributed by atoms with Gasteiger partial charge in [-0.25, -0.2) is 13.2 Å². The molecule has 1 heterocycles. The lowest BCUT2D eigenvalue weighted by molar-refractivity contribution is -0.137. The normalized spacial score (nSPS) is 13.2. The molecule has 0 bridgehead atoms. The SMILES string of the molecule is CSCC[C@H](NS(=O)(=O)c1ccc2c(c1)oc(=O)n2C)C(=O)Nc1ccccc1C(F)(F)F. The van der Waals surface area contributed by atoms with Crippen molar-refractivity contribution in [2.24, 2.45) is 7.05 Å². The molecule has 3 rings (SSSR count). The maximum atomic E-state index is 13.3. The molecule has 33 heavy (non-hydrogen) atoms. The molecule has 1 atom stereocenters. The standard InChI is InChI=1S/C20H20F3N3O5S2/c1-26-16-8-7-12(11-17(16)31-19(26)28)33(29,30)25-15(9-10-32-2)18(27)24-14-6-4-3-5-13(14)20(21,22)23/h3-8,11,15,25H,9-10H2,1-2H3,(H,24,27)/t15-/m0/s1. The van der Waals surface area contributed by atoms with Gasteiger partial charge in [-0.3, -0.25) is 9.36 Å². The van der Waals surface area contributed by atoms with E-state index < -0.39 is 45.2 Å². The molecule has 2 N–H and O–H groups in total. The molecule has 0 saturated heterocycles. The Balaban J connectivity index is 1.89. The number of rotatable bonds is 8. The fourth-order valence-corrected chi connectivity index (χ4v) is 4.79. The monoisotopic (exact) mass is 503 g/mol. The van der Waals surface area contributed by atoms with Crippen LogP contribution in [-0.4, -0.2) is 36.9 Å². The molecule has 0 saturated carbocycles. The van der Waals surface area contributed by atoms with Gasteiger partial charge in [0, 0.05) is 13.1 Å². The number of sulfonamides is 1. The third-order valence-electron chi connectivity index (χ3n) is 4.79. The number of halogens is 3. The van der Waals surface area contributed by atoms with Gasteiger partial charge in [-0.15, -0.1) is 0 Å². The van der Waals surface area contributed by atoms with Crippen LogP contribution in [0.3, 0.4) is 0 Å². The zero-order valence-corrected chi connectivity index (χ0v) is 19.1. The van der Waals surface area contributed by atoms with E-state index in [9.17, 15) is 31.2 Å². The molecule has 8 nitrogen and oxygen atoms in total. The molecule has 13 heteroatoms. The van der Waals surface area contributed by atoms with E-state index in [2.05, 4.69) is 10.0 Å². The van der Waals surface area contributed by atoms with Gasteiger partial charge in [0.25, 0.3) is 0 Å². The van der Waals surface area contributed by atoms with Crippen LogP contribution in [0.2, 0.25) is 0 Å². The van der Waals surface area contributed by atoms with Gasteiger partial charge in [-0.2, -0.15) is 29.7 Å². The van der Waals surface area contributed by atoms with E-state index in [1.165, 1.54) is 47.6 Å². The van der Waals surface area contributed by atoms with E-state index in [1.807, 2.05) is 0 Å². The van der Waals surface area contributed by atoms with E-state index in [0.29, 0.717) is 11.3 Å². The molecule has 0 radical (unpaired) electrons. The molecule has 0 aliphatic carbocycles. The first-order valence-corrected chi connectivity index (χ1v) is 12.4. The lowest BCUT2D eigenvalue weighted by Crippen LogP contribution is -2.44. The summed E-state index contributed by atoms with van der Waals surface area (Å²) in [4.78, 5) is 24.2. The van der Waals surface area contributed by atoms with Gasteiger partial charge in [0.15, 0.2) is 5.58 Å². The number of carbonyl (C=O) groups excluding carboxylic acids is 1. The van der Waals surface area contributed by atoms with Gasteiger partial charge < -0.3 is 9.73 Å². The molecule has 1 aromatic heterocycles. The third kappa shape index (κ3) is 5.60. The Labute approximate surface area is 191 Å². The van der Waals surface area contributed by atoms with Crippen LogP contribution in [0.5, 0.6) is 0 Å². The number of nitrogens with zero attached hydrogens (tertiary/aromatic N) is 1. The summed E-state index contributed by atoms with van der Waals surface area (Å²) < 4.78 is 74.1. The van der Waals surface area contributed by atoms with Gasteiger partial charge in [-0.1, -0.05) is 12.1 Å². The maximum absolute atomic E-state index is 13.3. The van der Waals surface area contributed by atoms with Crippen LogP contribution < -0.4 is 15.8 Å². The number of aryl methyl sites for hydroxylation is 1. The summed E-state index contributed by atoms with van der Waals surface area (Å²) in [6.45, 7) is 0. The van der Waals surface area contributed by atoms with Gasteiger partial charge in [0.2, 0.25) is 15.9 Å². The van der Waals surface area contributed by atoms with E-state index in [-0.39, 0.29) is 16.9 Å². The zero-order valence-electron chi connectivity index (χ0n) is 17.5. The highest BCUT2D eigenvalue weighted by molar-refractivity contribution is 7.98. The Morgan fingerprint density at radius 1 is 1.21 bits per heavy atom. The number of benzene rings is 2. The Bertz CT molecular complexity index is 1330. The van der Waals surface area contributed by atoms with Gasteiger partial charge in [0.1, 0.15) is 6.04 Å². The van der Waals surface area contributed by atoms with Crippen LogP contribution in [0.15, 0.2) is 56.6 Å². The van der Waals surface area contributed by atoms with Crippen molar-refractivity contribution in [2.45, 2.75) is 23.5 Å². The minimum atomic E-state index is -4.70. The molecule has 0 aliphatic heterocycles. The van der Waals surface area contributed by atoms with Crippen molar-refractivity contribution >= 4 is 44.5 Å². The lowest BCUT2D eigenvalue weighted by Gasteiger charge is -2.20. The summed E-state index contributed by atoms with van der Waals surface area (Å²) in [5.41, 5.74) is -1.11. The molecular formula is C20H20F3N3O5S2. The van der Waals surface area contributed by atoms with Crippen molar-refractivity contribution in [3.05, 3.63) is 58.6 Å². The molecule has 0 fully saturated rings. The Morgan fingerprint density at radius 3 is 2.58 bits per heavy atom. The summed E-state index contributed by atoms with van der Waals surface area (Å²) in [5.74, 6) is -1.24. The number of hydrogen-bond donors (Lipinski definition) is 2. The van der Waals surface area contributed by atoms with Gasteiger partial charge in [0.05, 0.1) is 21.7 Å². The number of carbonyl (C=O) groups is 1. The lowest BCUT2D eigenvalue weighted by atomic mass is 10.1. The minimum Gasteiger partial charge on any atom is -0.408 e. The molecule has 178 valence electrons. The number of para-hydroxylation sites is 1. The highest BCUT2D eigenvalue weighted by Gasteiger charge is 2.34. The highest BCUT2D eigenvalue weighted by atomic mass is 32.2. The predicted molar refractivity (Wildman–Crippen MR) is 119 cm³/mol. The molecule has 0 unspecified atom stereocenters. The van der Waals surface area contributed by atoms with Gasteiger partial charge in [-0.05, 0) is 42.7 Å².